The molecule has 0 unspecified atom stereocenters. The lowest BCUT2D eigenvalue weighted by atomic mass is 9.92. The van der Waals surface area contributed by atoms with E-state index in [1.807, 2.05) is 23.6 Å². The first-order chi connectivity index (χ1) is 11.8. The maximum atomic E-state index is 5.78. The number of nitrogens with one attached hydrogen (secondary N) is 1. The molecule has 2 aliphatic rings. The van der Waals surface area contributed by atoms with Crippen LogP contribution in [0.5, 0.6) is 0 Å². The number of nitrogens with zero attached hydrogens (tertiary/aromatic N) is 2. The third kappa shape index (κ3) is 2.84. The molecule has 2 aromatic rings. The number of thiocarbonyl (C=S) groups is 1. The van der Waals surface area contributed by atoms with Crippen LogP contribution in [0.4, 0.5) is 0 Å². The topological polar surface area (TPSA) is 28.2 Å². The van der Waals surface area contributed by atoms with Crippen molar-refractivity contribution in [2.24, 2.45) is 0 Å². The smallest absolute Gasteiger partial charge is 0.170 e. The van der Waals surface area contributed by atoms with Crippen molar-refractivity contribution in [2.45, 2.75) is 57.2 Å². The van der Waals surface area contributed by atoms with Gasteiger partial charge in [0.1, 0.15) is 0 Å². The number of pyridine rings is 1. The van der Waals surface area contributed by atoms with E-state index in [9.17, 15) is 0 Å². The zero-order chi connectivity index (χ0) is 16.5. The van der Waals surface area contributed by atoms with Gasteiger partial charge in [-0.25, -0.2) is 0 Å². The van der Waals surface area contributed by atoms with Crippen LogP contribution < -0.4 is 5.32 Å². The second kappa shape index (κ2) is 6.81. The van der Waals surface area contributed by atoms with Crippen LogP contribution in [0, 0.1) is 6.92 Å². The van der Waals surface area contributed by atoms with Gasteiger partial charge < -0.3 is 10.2 Å². The van der Waals surface area contributed by atoms with E-state index in [-0.39, 0.29) is 12.1 Å². The molecule has 0 bridgehead atoms. The highest BCUT2D eigenvalue weighted by Crippen LogP contribution is 2.44. The fraction of sp³-hybridized carbons (Fsp3) is 0.474. The molecule has 1 N–H and O–H groups in total. The van der Waals surface area contributed by atoms with E-state index >= 15 is 0 Å². The molecule has 126 valence electrons. The SMILES string of the molecule is Cc1ccsc1[C@H]1[C@H](c2ccccn2)NC(=S)N1C1CCCCC1. The highest BCUT2D eigenvalue weighted by Gasteiger charge is 2.44. The lowest BCUT2D eigenvalue weighted by Crippen LogP contribution is -2.40. The standard InChI is InChI=1S/C19H23N3S2/c1-13-10-12-24-18(13)17-16(15-9-5-6-11-20-15)21-19(23)22(17)14-7-3-2-4-8-14/h5-6,9-12,14,16-17H,2-4,7-8H2,1H3,(H,21,23)/t16-,17+/m0/s1. The van der Waals surface area contributed by atoms with Crippen LogP contribution in [0.2, 0.25) is 0 Å². The Morgan fingerprint density at radius 1 is 1.21 bits per heavy atom. The summed E-state index contributed by atoms with van der Waals surface area (Å²) in [4.78, 5) is 8.53. The van der Waals surface area contributed by atoms with Crippen molar-refractivity contribution in [1.82, 2.24) is 15.2 Å². The molecule has 3 heterocycles. The van der Waals surface area contributed by atoms with Gasteiger partial charge in [0.05, 0.1) is 17.8 Å². The zero-order valence-electron chi connectivity index (χ0n) is 13.9. The van der Waals surface area contributed by atoms with Crippen LogP contribution in [0.3, 0.4) is 0 Å². The van der Waals surface area contributed by atoms with Gasteiger partial charge in [0.2, 0.25) is 0 Å². The molecule has 0 aromatic carbocycles. The molecule has 2 atom stereocenters. The van der Waals surface area contributed by atoms with Crippen molar-refractivity contribution in [3.8, 4) is 0 Å². The Bertz CT molecular complexity index is 706. The maximum absolute atomic E-state index is 5.78. The maximum Gasteiger partial charge on any atom is 0.170 e. The van der Waals surface area contributed by atoms with Crippen molar-refractivity contribution in [1.29, 1.82) is 0 Å². The Balaban J connectivity index is 1.75. The highest BCUT2D eigenvalue weighted by atomic mass is 32.1. The van der Waals surface area contributed by atoms with Gasteiger partial charge in [0, 0.05) is 17.1 Å². The molecule has 1 saturated carbocycles. The third-order valence-electron chi connectivity index (χ3n) is 5.27. The number of thiophene rings is 1. The summed E-state index contributed by atoms with van der Waals surface area (Å²) < 4.78 is 0. The van der Waals surface area contributed by atoms with E-state index in [1.165, 1.54) is 42.5 Å². The van der Waals surface area contributed by atoms with Gasteiger partial charge in [-0.3, -0.25) is 4.98 Å². The number of aryl methyl sites for hydroxylation is 1. The summed E-state index contributed by atoms with van der Waals surface area (Å²) in [5.41, 5.74) is 2.44. The largest absolute Gasteiger partial charge is 0.352 e. The highest BCUT2D eigenvalue weighted by molar-refractivity contribution is 7.80. The van der Waals surface area contributed by atoms with Crippen LogP contribution in [-0.2, 0) is 0 Å². The molecular weight excluding hydrogens is 334 g/mol. The second-order valence-electron chi connectivity index (χ2n) is 6.79. The van der Waals surface area contributed by atoms with Crippen molar-refractivity contribution in [3.05, 3.63) is 52.0 Å². The van der Waals surface area contributed by atoms with Crippen LogP contribution in [-0.4, -0.2) is 21.0 Å². The third-order valence-corrected chi connectivity index (χ3v) is 6.69. The van der Waals surface area contributed by atoms with Crippen molar-refractivity contribution in [3.63, 3.8) is 0 Å². The molecule has 4 rings (SSSR count). The van der Waals surface area contributed by atoms with Gasteiger partial charge >= 0.3 is 0 Å². The molecular formula is C19H23N3S2. The monoisotopic (exact) mass is 357 g/mol. The Hall–Kier alpha value is -1.46. The first kappa shape index (κ1) is 16.0. The molecule has 24 heavy (non-hydrogen) atoms. The van der Waals surface area contributed by atoms with E-state index in [4.69, 9.17) is 12.2 Å². The lowest BCUT2D eigenvalue weighted by Gasteiger charge is -2.37. The molecule has 5 heteroatoms. The van der Waals surface area contributed by atoms with Gasteiger partial charge in [0.15, 0.2) is 5.11 Å². The average molecular weight is 358 g/mol. The fourth-order valence-electron chi connectivity index (χ4n) is 4.09. The van der Waals surface area contributed by atoms with E-state index in [0.29, 0.717) is 6.04 Å². The summed E-state index contributed by atoms with van der Waals surface area (Å²) >= 11 is 7.63. The van der Waals surface area contributed by atoms with Gasteiger partial charge in [-0.1, -0.05) is 25.3 Å². The molecule has 1 saturated heterocycles. The number of hydrogen-bond acceptors (Lipinski definition) is 3. The Morgan fingerprint density at radius 3 is 2.71 bits per heavy atom. The van der Waals surface area contributed by atoms with Gasteiger partial charge in [-0.2, -0.15) is 0 Å². The second-order valence-corrected chi connectivity index (χ2v) is 8.13. The van der Waals surface area contributed by atoms with Crippen LogP contribution in [0.15, 0.2) is 35.8 Å². The lowest BCUT2D eigenvalue weighted by molar-refractivity contribution is 0.199. The fourth-order valence-corrected chi connectivity index (χ4v) is 5.54. The molecule has 0 radical (unpaired) electrons. The number of rotatable bonds is 3. The van der Waals surface area contributed by atoms with Crippen LogP contribution >= 0.6 is 23.6 Å². The Labute approximate surface area is 153 Å². The molecule has 3 nitrogen and oxygen atoms in total. The molecule has 2 aromatic heterocycles. The van der Waals surface area contributed by atoms with Crippen LogP contribution in [0.25, 0.3) is 0 Å². The normalized spacial score (nSPS) is 25.0. The molecule has 1 aliphatic carbocycles. The van der Waals surface area contributed by atoms with Crippen molar-refractivity contribution < 1.29 is 0 Å². The molecule has 2 fully saturated rings. The van der Waals surface area contributed by atoms with E-state index in [0.717, 1.165) is 10.8 Å². The quantitative estimate of drug-likeness (QED) is 0.802. The minimum Gasteiger partial charge on any atom is -0.352 e. The predicted molar refractivity (Wildman–Crippen MR) is 103 cm³/mol. The minimum absolute atomic E-state index is 0.137. The summed E-state index contributed by atoms with van der Waals surface area (Å²) in [7, 11) is 0. The summed E-state index contributed by atoms with van der Waals surface area (Å²) in [5.74, 6) is 0. The van der Waals surface area contributed by atoms with Crippen molar-refractivity contribution >= 4 is 28.7 Å². The van der Waals surface area contributed by atoms with E-state index in [2.05, 4.69) is 45.7 Å². The minimum atomic E-state index is 0.137. The van der Waals surface area contributed by atoms with Gasteiger partial charge in [-0.15, -0.1) is 11.3 Å². The first-order valence-electron chi connectivity index (χ1n) is 8.79. The number of hydrogen-bond donors (Lipinski definition) is 1. The van der Waals surface area contributed by atoms with Crippen LogP contribution in [0.1, 0.15) is 60.3 Å². The zero-order valence-corrected chi connectivity index (χ0v) is 15.6. The predicted octanol–water partition coefficient (Wildman–Crippen LogP) is 4.76. The summed E-state index contributed by atoms with van der Waals surface area (Å²) in [5, 5.41) is 6.68. The van der Waals surface area contributed by atoms with E-state index in [1.54, 1.807) is 0 Å². The molecule has 1 aliphatic heterocycles. The summed E-state index contributed by atoms with van der Waals surface area (Å²) in [6.45, 7) is 2.21. The Morgan fingerprint density at radius 2 is 2.04 bits per heavy atom. The summed E-state index contributed by atoms with van der Waals surface area (Å²) in [6.07, 6.45) is 8.36. The molecule has 0 amide bonds. The van der Waals surface area contributed by atoms with Gasteiger partial charge in [0.25, 0.3) is 0 Å². The first-order valence-corrected chi connectivity index (χ1v) is 10.1. The van der Waals surface area contributed by atoms with Gasteiger partial charge in [-0.05, 0) is 61.1 Å². The summed E-state index contributed by atoms with van der Waals surface area (Å²) in [6, 6.07) is 9.32. The Kier molecular flexibility index (Phi) is 4.55. The molecule has 0 spiro atoms. The average Bonchev–Trinajstić information content (AvgIpc) is 3.19. The number of aromatic nitrogens is 1. The van der Waals surface area contributed by atoms with E-state index < -0.39 is 0 Å². The van der Waals surface area contributed by atoms with Crippen molar-refractivity contribution in [2.75, 3.05) is 0 Å².